The second kappa shape index (κ2) is 8.16. The van der Waals surface area contributed by atoms with Crippen LogP contribution in [0, 0.1) is 25.2 Å². The predicted molar refractivity (Wildman–Crippen MR) is 130 cm³/mol. The van der Waals surface area contributed by atoms with Crippen LogP contribution in [0.15, 0.2) is 64.1 Å². The van der Waals surface area contributed by atoms with Crippen molar-refractivity contribution in [3.63, 3.8) is 0 Å². The molecule has 0 saturated carbocycles. The molecule has 2 aromatic carbocycles. The van der Waals surface area contributed by atoms with Crippen LogP contribution >= 0.6 is 0 Å². The fourth-order valence-electron chi connectivity index (χ4n) is 4.27. The largest absolute Gasteiger partial charge is 0.483 e. The summed E-state index contributed by atoms with van der Waals surface area (Å²) in [5.74, 6) is 0.892. The first kappa shape index (κ1) is 21.4. The Morgan fingerprint density at radius 1 is 1.18 bits per heavy atom. The lowest BCUT2D eigenvalue weighted by molar-refractivity contribution is 0.225. The molecule has 0 aliphatic heterocycles. The summed E-state index contributed by atoms with van der Waals surface area (Å²) < 4.78 is 14.3. The molecule has 0 aliphatic carbocycles. The molecule has 5 rings (SSSR count). The smallest absolute Gasteiger partial charge is 0.196 e. The monoisotopic (exact) mass is 450 g/mol. The average Bonchev–Trinajstić information content (AvgIpc) is 3.21. The number of nitrogens with zero attached hydrogens (tertiary/aromatic N) is 4. The number of hydrogen-bond acceptors (Lipinski definition) is 6. The standard InChI is InChI=1S/C27H22N4O3/c1-15-10-20(17(3)33-24-6-5-9-29-22(24)13-28)27-21(11-15)25(32)16(2)26(34-27)18-7-8-23-19(12-18)14-30-31(23)4/h5-12,14,17H,1-4H3/t17-/m1/s1. The maximum Gasteiger partial charge on any atom is 0.196 e. The van der Waals surface area contributed by atoms with Crippen LogP contribution in [-0.2, 0) is 7.05 Å². The van der Waals surface area contributed by atoms with Crippen LogP contribution in [0.5, 0.6) is 5.75 Å². The van der Waals surface area contributed by atoms with E-state index in [1.54, 1.807) is 36.1 Å². The van der Waals surface area contributed by atoms with E-state index in [4.69, 9.17) is 9.15 Å². The van der Waals surface area contributed by atoms with E-state index < -0.39 is 6.10 Å². The van der Waals surface area contributed by atoms with E-state index in [1.807, 2.05) is 57.3 Å². The normalized spacial score (nSPS) is 12.1. The number of ether oxygens (including phenoxy) is 1. The van der Waals surface area contributed by atoms with Crippen molar-refractivity contribution in [2.75, 3.05) is 0 Å². The first-order valence-electron chi connectivity index (χ1n) is 10.9. The van der Waals surface area contributed by atoms with Gasteiger partial charge in [-0.05, 0) is 68.8 Å². The molecule has 0 radical (unpaired) electrons. The molecule has 0 unspecified atom stereocenters. The predicted octanol–water partition coefficient (Wildman–Crippen LogP) is 5.37. The highest BCUT2D eigenvalue weighted by Crippen LogP contribution is 2.34. The third-order valence-electron chi connectivity index (χ3n) is 6.02. The maximum absolute atomic E-state index is 13.4. The first-order valence-corrected chi connectivity index (χ1v) is 10.9. The van der Waals surface area contributed by atoms with Crippen molar-refractivity contribution in [3.05, 3.63) is 87.5 Å². The first-order chi connectivity index (χ1) is 16.4. The summed E-state index contributed by atoms with van der Waals surface area (Å²) in [5.41, 5.74) is 4.57. The average molecular weight is 450 g/mol. The van der Waals surface area contributed by atoms with Crippen molar-refractivity contribution in [1.29, 1.82) is 5.26 Å². The number of aromatic nitrogens is 3. The topological polar surface area (TPSA) is 93.9 Å². The van der Waals surface area contributed by atoms with Crippen LogP contribution in [0.3, 0.4) is 0 Å². The van der Waals surface area contributed by atoms with Crippen LogP contribution in [0.1, 0.15) is 35.4 Å². The molecule has 0 bridgehead atoms. The second-order valence-electron chi connectivity index (χ2n) is 8.38. The van der Waals surface area contributed by atoms with Gasteiger partial charge in [0.15, 0.2) is 16.9 Å². The molecule has 34 heavy (non-hydrogen) atoms. The van der Waals surface area contributed by atoms with Crippen LogP contribution in [0.4, 0.5) is 0 Å². The molecule has 168 valence electrons. The number of pyridine rings is 1. The molecule has 3 heterocycles. The van der Waals surface area contributed by atoms with E-state index in [0.29, 0.717) is 28.0 Å². The van der Waals surface area contributed by atoms with E-state index in [-0.39, 0.29) is 11.1 Å². The van der Waals surface area contributed by atoms with Gasteiger partial charge < -0.3 is 9.15 Å². The SMILES string of the molecule is Cc1cc([C@@H](C)Oc2cccnc2C#N)c2oc(-c3ccc4c(cnn4C)c3)c(C)c(=O)c2c1. The van der Waals surface area contributed by atoms with E-state index in [0.717, 1.165) is 27.6 Å². The van der Waals surface area contributed by atoms with Gasteiger partial charge in [0.2, 0.25) is 0 Å². The van der Waals surface area contributed by atoms with Gasteiger partial charge in [-0.1, -0.05) is 0 Å². The minimum Gasteiger partial charge on any atom is -0.483 e. The Kier molecular flexibility index (Phi) is 5.14. The van der Waals surface area contributed by atoms with Crippen molar-refractivity contribution in [3.8, 4) is 23.1 Å². The lowest BCUT2D eigenvalue weighted by atomic mass is 9.99. The van der Waals surface area contributed by atoms with Crippen molar-refractivity contribution in [2.24, 2.45) is 7.05 Å². The number of aryl methyl sites for hydroxylation is 2. The van der Waals surface area contributed by atoms with E-state index in [1.165, 1.54) is 0 Å². The lowest BCUT2D eigenvalue weighted by Crippen LogP contribution is -2.11. The molecular formula is C27H22N4O3. The summed E-state index contributed by atoms with van der Waals surface area (Å²) in [6.07, 6.45) is 2.85. The summed E-state index contributed by atoms with van der Waals surface area (Å²) in [4.78, 5) is 17.5. The zero-order valence-corrected chi connectivity index (χ0v) is 19.3. The number of nitriles is 1. The zero-order chi connectivity index (χ0) is 24.0. The fraction of sp³-hybridized carbons (Fsp3) is 0.185. The molecule has 0 N–H and O–H groups in total. The van der Waals surface area contributed by atoms with E-state index in [2.05, 4.69) is 10.1 Å². The molecule has 0 spiro atoms. The van der Waals surface area contributed by atoms with Gasteiger partial charge in [-0.15, -0.1) is 0 Å². The highest BCUT2D eigenvalue weighted by atomic mass is 16.5. The van der Waals surface area contributed by atoms with Crippen LogP contribution < -0.4 is 10.2 Å². The minimum absolute atomic E-state index is 0.0845. The molecular weight excluding hydrogens is 428 g/mol. The van der Waals surface area contributed by atoms with Crippen molar-refractivity contribution < 1.29 is 9.15 Å². The summed E-state index contributed by atoms with van der Waals surface area (Å²) in [7, 11) is 1.89. The molecule has 0 amide bonds. The summed E-state index contributed by atoms with van der Waals surface area (Å²) >= 11 is 0. The summed E-state index contributed by atoms with van der Waals surface area (Å²) in [6, 6.07) is 15.1. The lowest BCUT2D eigenvalue weighted by Gasteiger charge is -2.18. The number of hydrogen-bond donors (Lipinski definition) is 0. The molecule has 7 heteroatoms. The van der Waals surface area contributed by atoms with Gasteiger partial charge in [-0.25, -0.2) is 4.98 Å². The van der Waals surface area contributed by atoms with E-state index in [9.17, 15) is 10.1 Å². The summed E-state index contributed by atoms with van der Waals surface area (Å²) in [5, 5.41) is 15.1. The molecule has 3 aromatic heterocycles. The fourth-order valence-corrected chi connectivity index (χ4v) is 4.27. The van der Waals surface area contributed by atoms with E-state index >= 15 is 0 Å². The van der Waals surface area contributed by atoms with Crippen molar-refractivity contribution in [1.82, 2.24) is 14.8 Å². The van der Waals surface area contributed by atoms with Gasteiger partial charge in [0.05, 0.1) is 17.1 Å². The van der Waals surface area contributed by atoms with Gasteiger partial charge in [0.25, 0.3) is 0 Å². The second-order valence-corrected chi connectivity index (χ2v) is 8.38. The third-order valence-corrected chi connectivity index (χ3v) is 6.02. The minimum atomic E-state index is -0.488. The van der Waals surface area contributed by atoms with Crippen LogP contribution in [0.25, 0.3) is 33.2 Å². The van der Waals surface area contributed by atoms with Crippen molar-refractivity contribution >= 4 is 21.9 Å². The Labute approximate surface area is 195 Å². The summed E-state index contributed by atoms with van der Waals surface area (Å²) in [6.45, 7) is 5.58. The van der Waals surface area contributed by atoms with Gasteiger partial charge in [0.1, 0.15) is 23.5 Å². The maximum atomic E-state index is 13.4. The molecule has 7 nitrogen and oxygen atoms in total. The van der Waals surface area contributed by atoms with Gasteiger partial charge >= 0.3 is 0 Å². The highest BCUT2D eigenvalue weighted by molar-refractivity contribution is 5.87. The number of benzene rings is 2. The molecule has 1 atom stereocenters. The van der Waals surface area contributed by atoms with Crippen LogP contribution in [-0.4, -0.2) is 14.8 Å². The van der Waals surface area contributed by atoms with Gasteiger partial charge in [-0.2, -0.15) is 10.4 Å². The number of rotatable bonds is 4. The molecule has 0 saturated heterocycles. The highest BCUT2D eigenvalue weighted by Gasteiger charge is 2.21. The van der Waals surface area contributed by atoms with Gasteiger partial charge in [0, 0.05) is 35.3 Å². The number of fused-ring (bicyclic) bond motifs is 2. The van der Waals surface area contributed by atoms with Gasteiger partial charge in [-0.3, -0.25) is 9.48 Å². The Morgan fingerprint density at radius 2 is 2.00 bits per heavy atom. The Bertz CT molecular complexity index is 1670. The Morgan fingerprint density at radius 3 is 2.79 bits per heavy atom. The molecule has 0 fully saturated rings. The Balaban J connectivity index is 1.69. The van der Waals surface area contributed by atoms with Crippen molar-refractivity contribution in [2.45, 2.75) is 26.9 Å². The third kappa shape index (κ3) is 3.50. The quantitative estimate of drug-likeness (QED) is 0.365. The molecule has 0 aliphatic rings. The zero-order valence-electron chi connectivity index (χ0n) is 19.3. The molecule has 5 aromatic rings. The Hall–Kier alpha value is -4.44. The van der Waals surface area contributed by atoms with Crippen LogP contribution in [0.2, 0.25) is 0 Å².